The fraction of sp³-hybridized carbons (Fsp3) is 0.292. The first-order valence-corrected chi connectivity index (χ1v) is 10.3. The van der Waals surface area contributed by atoms with Crippen LogP contribution in [0.5, 0.6) is 0 Å². The number of carbonyl (C=O) groups is 3. The molecule has 0 saturated carbocycles. The number of fused-ring (bicyclic) bond motifs is 3. The van der Waals surface area contributed by atoms with Gasteiger partial charge < -0.3 is 25.2 Å². The van der Waals surface area contributed by atoms with E-state index in [9.17, 15) is 14.4 Å². The predicted octanol–water partition coefficient (Wildman–Crippen LogP) is 2.69. The summed E-state index contributed by atoms with van der Waals surface area (Å²) in [6.07, 6.45) is 1.17. The Balaban J connectivity index is 1.47. The summed E-state index contributed by atoms with van der Waals surface area (Å²) in [6.45, 7) is 0.404. The highest BCUT2D eigenvalue weighted by atomic mass is 16.5. The van der Waals surface area contributed by atoms with Gasteiger partial charge in [-0.15, -0.1) is 0 Å². The number of methoxy groups -OCH3 is 1. The minimum atomic E-state index is -1.08. The number of hydrogen-bond donors (Lipinski definition) is 3. The largest absolute Gasteiger partial charge is 0.478 e. The maximum absolute atomic E-state index is 12.3. The average molecular weight is 438 g/mol. The van der Waals surface area contributed by atoms with E-state index in [4.69, 9.17) is 14.6 Å². The maximum atomic E-state index is 12.3. The average Bonchev–Trinajstić information content (AvgIpc) is 3.11. The van der Waals surface area contributed by atoms with Gasteiger partial charge in [-0.25, -0.2) is 9.59 Å². The van der Waals surface area contributed by atoms with E-state index in [1.54, 1.807) is 0 Å². The summed E-state index contributed by atoms with van der Waals surface area (Å²) < 4.78 is 10.7. The summed E-state index contributed by atoms with van der Waals surface area (Å²) in [7, 11) is 1.45. The molecule has 8 heteroatoms. The van der Waals surface area contributed by atoms with Gasteiger partial charge in [-0.05, 0) is 22.3 Å². The van der Waals surface area contributed by atoms with Crippen molar-refractivity contribution < 1.29 is 29.0 Å². The van der Waals surface area contributed by atoms with Crippen LogP contribution < -0.4 is 10.6 Å². The fourth-order valence-corrected chi connectivity index (χ4v) is 3.70. The van der Waals surface area contributed by atoms with Crippen molar-refractivity contribution in [2.75, 3.05) is 26.8 Å². The molecule has 2 amide bonds. The Morgan fingerprint density at radius 1 is 1.03 bits per heavy atom. The highest BCUT2D eigenvalue weighted by Gasteiger charge is 2.29. The minimum absolute atomic E-state index is 0.0149. The van der Waals surface area contributed by atoms with Crippen LogP contribution in [-0.4, -0.2) is 56.0 Å². The van der Waals surface area contributed by atoms with E-state index >= 15 is 0 Å². The lowest BCUT2D eigenvalue weighted by Crippen LogP contribution is -2.37. The number of carboxylic acid groups (broad SMARTS) is 1. The zero-order valence-corrected chi connectivity index (χ0v) is 17.7. The Morgan fingerprint density at radius 3 is 2.25 bits per heavy atom. The molecule has 3 N–H and O–H groups in total. The topological polar surface area (TPSA) is 114 Å². The number of rotatable bonds is 10. The summed E-state index contributed by atoms with van der Waals surface area (Å²) in [5.41, 5.74) is 4.57. The Hall–Kier alpha value is -3.65. The number of nitrogens with one attached hydrogen (secondary N) is 2. The quantitative estimate of drug-likeness (QED) is 0.492. The molecule has 2 aromatic rings. The molecule has 0 saturated heterocycles. The summed E-state index contributed by atoms with van der Waals surface area (Å²) in [6, 6.07) is 16.2. The third kappa shape index (κ3) is 5.95. The Bertz CT molecular complexity index is 958. The lowest BCUT2D eigenvalue weighted by molar-refractivity contribution is -0.131. The summed E-state index contributed by atoms with van der Waals surface area (Å²) in [4.78, 5) is 34.6. The second-order valence-electron chi connectivity index (χ2n) is 7.31. The van der Waals surface area contributed by atoms with Gasteiger partial charge in [0.05, 0.1) is 12.5 Å². The Kier molecular flexibility index (Phi) is 7.99. The van der Waals surface area contributed by atoms with Crippen LogP contribution in [0.25, 0.3) is 11.1 Å². The second-order valence-corrected chi connectivity index (χ2v) is 7.31. The van der Waals surface area contributed by atoms with Gasteiger partial charge in [0.15, 0.2) is 0 Å². The molecule has 0 fully saturated rings. The number of hydrogen-bond acceptors (Lipinski definition) is 5. The zero-order chi connectivity index (χ0) is 22.9. The molecule has 0 heterocycles. The molecule has 0 radical (unpaired) electrons. The van der Waals surface area contributed by atoms with Crippen molar-refractivity contribution in [1.29, 1.82) is 0 Å². The van der Waals surface area contributed by atoms with Crippen LogP contribution in [0.3, 0.4) is 0 Å². The summed E-state index contributed by atoms with van der Waals surface area (Å²) in [5, 5.41) is 13.7. The Morgan fingerprint density at radius 2 is 1.66 bits per heavy atom. The smallest absolute Gasteiger partial charge is 0.407 e. The van der Waals surface area contributed by atoms with Crippen LogP contribution in [-0.2, 0) is 19.1 Å². The van der Waals surface area contributed by atoms with Crippen LogP contribution in [0.1, 0.15) is 23.5 Å². The van der Waals surface area contributed by atoms with Gasteiger partial charge in [-0.2, -0.15) is 0 Å². The summed E-state index contributed by atoms with van der Waals surface area (Å²) in [5.74, 6) is -1.43. The van der Waals surface area contributed by atoms with E-state index in [-0.39, 0.29) is 37.9 Å². The van der Waals surface area contributed by atoms with Crippen molar-refractivity contribution in [2.45, 2.75) is 18.4 Å². The highest BCUT2D eigenvalue weighted by molar-refractivity contribution is 5.80. The van der Waals surface area contributed by atoms with Crippen molar-refractivity contribution in [3.63, 3.8) is 0 Å². The van der Waals surface area contributed by atoms with Gasteiger partial charge in [0.25, 0.3) is 0 Å². The van der Waals surface area contributed by atoms with Crippen LogP contribution in [0.4, 0.5) is 4.79 Å². The number of alkyl carbamates (subject to hydrolysis) is 1. The summed E-state index contributed by atoms with van der Waals surface area (Å²) >= 11 is 0. The first-order valence-electron chi connectivity index (χ1n) is 10.3. The number of ether oxygens (including phenoxy) is 2. The monoisotopic (exact) mass is 438 g/mol. The van der Waals surface area contributed by atoms with Gasteiger partial charge in [-0.1, -0.05) is 54.6 Å². The Labute approximate surface area is 186 Å². The van der Waals surface area contributed by atoms with E-state index in [0.29, 0.717) is 0 Å². The van der Waals surface area contributed by atoms with Crippen LogP contribution in [0.15, 0.2) is 60.7 Å². The predicted molar refractivity (Wildman–Crippen MR) is 118 cm³/mol. The molecule has 8 nitrogen and oxygen atoms in total. The second kappa shape index (κ2) is 11.1. The van der Waals surface area contributed by atoms with Crippen molar-refractivity contribution in [3.05, 3.63) is 71.8 Å². The molecular formula is C24H26N2O6. The van der Waals surface area contributed by atoms with Crippen molar-refractivity contribution >= 4 is 18.0 Å². The lowest BCUT2D eigenvalue weighted by Gasteiger charge is -2.17. The molecule has 168 valence electrons. The van der Waals surface area contributed by atoms with E-state index in [0.717, 1.165) is 28.3 Å². The molecule has 0 aliphatic heterocycles. The first kappa shape index (κ1) is 23.0. The van der Waals surface area contributed by atoms with Gasteiger partial charge in [0, 0.05) is 32.2 Å². The van der Waals surface area contributed by atoms with Gasteiger partial charge in [-0.3, -0.25) is 4.79 Å². The van der Waals surface area contributed by atoms with Crippen molar-refractivity contribution in [1.82, 2.24) is 10.6 Å². The molecule has 0 spiro atoms. The molecule has 1 atom stereocenters. The van der Waals surface area contributed by atoms with E-state index < -0.39 is 18.2 Å². The van der Waals surface area contributed by atoms with E-state index in [2.05, 4.69) is 22.8 Å². The maximum Gasteiger partial charge on any atom is 0.407 e. The fourth-order valence-electron chi connectivity index (χ4n) is 3.70. The number of aliphatic carboxylic acids is 1. The van der Waals surface area contributed by atoms with Crippen LogP contribution in [0.2, 0.25) is 0 Å². The lowest BCUT2D eigenvalue weighted by atomic mass is 9.98. The minimum Gasteiger partial charge on any atom is -0.478 e. The number of carbonyl (C=O) groups excluding carboxylic acids is 2. The van der Waals surface area contributed by atoms with Gasteiger partial charge in [0.1, 0.15) is 6.61 Å². The molecule has 1 unspecified atom stereocenters. The molecule has 1 aliphatic rings. The molecule has 0 aromatic heterocycles. The number of carboxylic acids is 1. The SMILES string of the molecule is COC(CNC(=O)OCC1c2ccccc2-c2ccccc21)CC(=O)NC/C=C/C(=O)O. The molecule has 1 aliphatic carbocycles. The van der Waals surface area contributed by atoms with Gasteiger partial charge >= 0.3 is 12.1 Å². The van der Waals surface area contributed by atoms with Crippen molar-refractivity contribution in [2.24, 2.45) is 0 Å². The van der Waals surface area contributed by atoms with Crippen LogP contribution >= 0.6 is 0 Å². The van der Waals surface area contributed by atoms with E-state index in [1.165, 1.54) is 13.2 Å². The molecule has 0 bridgehead atoms. The van der Waals surface area contributed by atoms with E-state index in [1.807, 2.05) is 36.4 Å². The van der Waals surface area contributed by atoms with Crippen molar-refractivity contribution in [3.8, 4) is 11.1 Å². The first-order chi connectivity index (χ1) is 15.5. The number of benzene rings is 2. The third-order valence-electron chi connectivity index (χ3n) is 5.24. The normalized spacial score (nSPS) is 13.3. The zero-order valence-electron chi connectivity index (χ0n) is 17.7. The molecule has 32 heavy (non-hydrogen) atoms. The highest BCUT2D eigenvalue weighted by Crippen LogP contribution is 2.44. The molecule has 3 rings (SSSR count). The van der Waals surface area contributed by atoms with Gasteiger partial charge in [0.2, 0.25) is 5.91 Å². The standard InChI is InChI=1S/C24H26N2O6/c1-31-16(13-22(27)25-12-6-11-23(28)29)14-26-24(30)32-15-21-19-9-4-2-7-17(19)18-8-3-5-10-20(18)21/h2-11,16,21H,12-15H2,1H3,(H,25,27)(H,26,30)(H,28,29)/b11-6+. The molecular weight excluding hydrogens is 412 g/mol. The van der Waals surface area contributed by atoms with Crippen LogP contribution in [0, 0.1) is 0 Å². The molecule has 2 aromatic carbocycles. The number of amides is 2. The third-order valence-corrected chi connectivity index (χ3v) is 5.24.